The average molecular weight is 304 g/mol. The molecule has 5 heteroatoms. The molecule has 1 aliphatic heterocycles. The largest absolute Gasteiger partial charge is 0.505 e. The summed E-state index contributed by atoms with van der Waals surface area (Å²) in [7, 11) is 1.38. The van der Waals surface area contributed by atoms with Crippen molar-refractivity contribution in [3.8, 4) is 11.5 Å². The number of methoxy groups -OCH3 is 1. The van der Waals surface area contributed by atoms with E-state index < -0.39 is 5.82 Å². The first-order valence-electron chi connectivity index (χ1n) is 5.60. The first-order valence-corrected chi connectivity index (χ1v) is 6.40. The van der Waals surface area contributed by atoms with Crippen LogP contribution in [-0.4, -0.2) is 25.3 Å². The molecular formula is C12H15BrFNO2. The van der Waals surface area contributed by atoms with Crippen molar-refractivity contribution in [1.29, 1.82) is 0 Å². The van der Waals surface area contributed by atoms with Gasteiger partial charge in [0.1, 0.15) is 0 Å². The van der Waals surface area contributed by atoms with Crippen molar-refractivity contribution in [2.75, 3.05) is 20.2 Å². The second-order valence-electron chi connectivity index (χ2n) is 4.19. The molecule has 0 radical (unpaired) electrons. The lowest BCUT2D eigenvalue weighted by Gasteiger charge is -2.24. The molecule has 2 rings (SSSR count). The summed E-state index contributed by atoms with van der Waals surface area (Å²) >= 11 is 3.26. The minimum Gasteiger partial charge on any atom is -0.505 e. The SMILES string of the molecule is COc1c(Br)cc(C2CCCNC2)c(O)c1F. The lowest BCUT2D eigenvalue weighted by atomic mass is 9.91. The first kappa shape index (κ1) is 12.6. The van der Waals surface area contributed by atoms with Crippen LogP contribution >= 0.6 is 15.9 Å². The fourth-order valence-corrected chi connectivity index (χ4v) is 2.81. The number of phenolic OH excluding ortho intramolecular Hbond substituents is 1. The summed E-state index contributed by atoms with van der Waals surface area (Å²) in [6.45, 7) is 1.75. The molecule has 0 amide bonds. The smallest absolute Gasteiger partial charge is 0.208 e. The molecule has 0 saturated carbocycles. The van der Waals surface area contributed by atoms with E-state index in [4.69, 9.17) is 4.74 Å². The maximum Gasteiger partial charge on any atom is 0.208 e. The number of phenols is 1. The Morgan fingerprint density at radius 3 is 2.94 bits per heavy atom. The van der Waals surface area contributed by atoms with E-state index in [9.17, 15) is 9.50 Å². The Morgan fingerprint density at radius 1 is 1.59 bits per heavy atom. The van der Waals surface area contributed by atoms with Crippen LogP contribution in [0.3, 0.4) is 0 Å². The molecule has 1 unspecified atom stereocenters. The van der Waals surface area contributed by atoms with Gasteiger partial charge in [0.25, 0.3) is 0 Å². The van der Waals surface area contributed by atoms with Crippen LogP contribution in [0.4, 0.5) is 4.39 Å². The second kappa shape index (κ2) is 5.23. The highest BCUT2D eigenvalue weighted by atomic mass is 79.9. The predicted molar refractivity (Wildman–Crippen MR) is 67.2 cm³/mol. The van der Waals surface area contributed by atoms with Crippen LogP contribution in [0.15, 0.2) is 10.5 Å². The minimum atomic E-state index is -0.692. The third-order valence-corrected chi connectivity index (χ3v) is 3.71. The maximum atomic E-state index is 13.9. The molecule has 0 bridgehead atoms. The zero-order valence-corrected chi connectivity index (χ0v) is 11.2. The Kier molecular flexibility index (Phi) is 3.89. The molecule has 2 N–H and O–H groups in total. The van der Waals surface area contributed by atoms with Crippen LogP contribution in [0.5, 0.6) is 11.5 Å². The number of piperidine rings is 1. The number of benzene rings is 1. The quantitative estimate of drug-likeness (QED) is 0.883. The lowest BCUT2D eigenvalue weighted by molar-refractivity contribution is 0.354. The van der Waals surface area contributed by atoms with Crippen molar-refractivity contribution in [1.82, 2.24) is 5.32 Å². The average Bonchev–Trinajstić information content (AvgIpc) is 2.35. The van der Waals surface area contributed by atoms with E-state index in [0.29, 0.717) is 10.0 Å². The Bertz CT molecular complexity index is 419. The summed E-state index contributed by atoms with van der Waals surface area (Å²) in [4.78, 5) is 0. The van der Waals surface area contributed by atoms with Crippen molar-refractivity contribution >= 4 is 15.9 Å². The van der Waals surface area contributed by atoms with Crippen molar-refractivity contribution in [3.05, 3.63) is 21.9 Å². The summed E-state index contributed by atoms with van der Waals surface area (Å²) < 4.78 is 19.3. The van der Waals surface area contributed by atoms with Crippen LogP contribution in [0.25, 0.3) is 0 Å². The predicted octanol–water partition coefficient (Wildman–Crippen LogP) is 2.77. The Hall–Kier alpha value is -0.810. The van der Waals surface area contributed by atoms with Gasteiger partial charge in [-0.3, -0.25) is 0 Å². The maximum absolute atomic E-state index is 13.9. The Balaban J connectivity index is 2.40. The molecule has 0 aliphatic carbocycles. The van der Waals surface area contributed by atoms with E-state index in [1.165, 1.54) is 7.11 Å². The molecule has 1 aromatic rings. The van der Waals surface area contributed by atoms with E-state index in [2.05, 4.69) is 21.2 Å². The highest BCUT2D eigenvalue weighted by molar-refractivity contribution is 9.10. The monoisotopic (exact) mass is 303 g/mol. The van der Waals surface area contributed by atoms with Gasteiger partial charge >= 0.3 is 0 Å². The van der Waals surface area contributed by atoms with Gasteiger partial charge in [-0.15, -0.1) is 0 Å². The Labute approximate surface area is 108 Å². The van der Waals surface area contributed by atoms with Crippen LogP contribution in [0, 0.1) is 5.82 Å². The highest BCUT2D eigenvalue weighted by Crippen LogP contribution is 2.40. The highest BCUT2D eigenvalue weighted by Gasteiger charge is 2.24. The number of aromatic hydroxyl groups is 1. The molecule has 17 heavy (non-hydrogen) atoms. The van der Waals surface area contributed by atoms with Gasteiger partial charge in [-0.05, 0) is 41.4 Å². The molecule has 0 spiro atoms. The van der Waals surface area contributed by atoms with E-state index in [0.717, 1.165) is 25.9 Å². The van der Waals surface area contributed by atoms with Crippen LogP contribution in [0.1, 0.15) is 24.3 Å². The minimum absolute atomic E-state index is 0.0509. The van der Waals surface area contributed by atoms with Gasteiger partial charge < -0.3 is 15.2 Å². The van der Waals surface area contributed by atoms with Gasteiger partial charge in [0, 0.05) is 18.0 Å². The number of hydrogen-bond donors (Lipinski definition) is 2. The van der Waals surface area contributed by atoms with E-state index in [1.54, 1.807) is 6.07 Å². The number of ether oxygens (including phenoxy) is 1. The summed E-state index contributed by atoms with van der Waals surface area (Å²) in [6.07, 6.45) is 1.99. The summed E-state index contributed by atoms with van der Waals surface area (Å²) in [6, 6.07) is 1.74. The molecule has 1 atom stereocenters. The third-order valence-electron chi connectivity index (χ3n) is 3.12. The molecule has 1 fully saturated rings. The summed E-state index contributed by atoms with van der Waals surface area (Å²) in [5.41, 5.74) is 0.641. The van der Waals surface area contributed by atoms with Crippen molar-refractivity contribution in [2.45, 2.75) is 18.8 Å². The number of nitrogens with one attached hydrogen (secondary N) is 1. The molecule has 94 valence electrons. The van der Waals surface area contributed by atoms with Gasteiger partial charge in [0.05, 0.1) is 11.6 Å². The first-order chi connectivity index (χ1) is 8.15. The fraction of sp³-hybridized carbons (Fsp3) is 0.500. The van der Waals surface area contributed by atoms with Gasteiger partial charge in [-0.25, -0.2) is 0 Å². The van der Waals surface area contributed by atoms with Crippen LogP contribution < -0.4 is 10.1 Å². The van der Waals surface area contributed by atoms with E-state index >= 15 is 0 Å². The summed E-state index contributed by atoms with van der Waals surface area (Å²) in [5, 5.41) is 13.1. The molecule has 0 aromatic heterocycles. The van der Waals surface area contributed by atoms with Crippen molar-refractivity contribution in [2.24, 2.45) is 0 Å². The molecule has 1 saturated heterocycles. The molecule has 3 nitrogen and oxygen atoms in total. The second-order valence-corrected chi connectivity index (χ2v) is 5.04. The summed E-state index contributed by atoms with van der Waals surface area (Å²) in [5.74, 6) is -0.781. The normalized spacial score (nSPS) is 20.3. The van der Waals surface area contributed by atoms with E-state index in [-0.39, 0.29) is 17.4 Å². The van der Waals surface area contributed by atoms with Crippen LogP contribution in [0.2, 0.25) is 0 Å². The molecule has 1 heterocycles. The van der Waals surface area contributed by atoms with Gasteiger partial charge in [0.2, 0.25) is 5.82 Å². The van der Waals surface area contributed by atoms with Crippen LogP contribution in [-0.2, 0) is 0 Å². The van der Waals surface area contributed by atoms with Gasteiger partial charge in [-0.1, -0.05) is 0 Å². The van der Waals surface area contributed by atoms with Gasteiger partial charge in [0.15, 0.2) is 11.5 Å². The van der Waals surface area contributed by atoms with Crippen molar-refractivity contribution in [3.63, 3.8) is 0 Å². The topological polar surface area (TPSA) is 41.5 Å². The molecule has 1 aromatic carbocycles. The zero-order chi connectivity index (χ0) is 12.4. The number of hydrogen-bond acceptors (Lipinski definition) is 3. The number of halogens is 2. The third kappa shape index (κ3) is 2.40. The fourth-order valence-electron chi connectivity index (χ4n) is 2.23. The zero-order valence-electron chi connectivity index (χ0n) is 9.59. The standard InChI is InChI=1S/C12H15BrFNO2/c1-17-12-9(13)5-8(11(16)10(12)14)7-3-2-4-15-6-7/h5,7,15-16H,2-4,6H2,1H3. The Morgan fingerprint density at radius 2 is 2.35 bits per heavy atom. The van der Waals surface area contributed by atoms with Gasteiger partial charge in [-0.2, -0.15) is 4.39 Å². The van der Waals surface area contributed by atoms with Crippen molar-refractivity contribution < 1.29 is 14.2 Å². The molecule has 1 aliphatic rings. The number of rotatable bonds is 2. The van der Waals surface area contributed by atoms with E-state index in [1.807, 2.05) is 0 Å². The molecular weight excluding hydrogens is 289 g/mol. The lowest BCUT2D eigenvalue weighted by Crippen LogP contribution is -2.28.